The van der Waals surface area contributed by atoms with Gasteiger partial charge in [0, 0.05) is 23.0 Å². The van der Waals surface area contributed by atoms with Crippen LogP contribution >= 0.6 is 0 Å². The normalized spacial score (nSPS) is 17.3. The Morgan fingerprint density at radius 1 is 0.775 bits per heavy atom. The molecule has 2 aromatic rings. The summed E-state index contributed by atoms with van der Waals surface area (Å²) in [4.78, 5) is 5.41. The smallest absolute Gasteiger partial charge is 0.0702 e. The number of benzene rings is 2. The Morgan fingerprint density at radius 3 is 1.75 bits per heavy atom. The molecule has 2 aromatic carbocycles. The molecule has 0 aromatic heterocycles. The molecule has 0 fully saturated rings. The van der Waals surface area contributed by atoms with E-state index in [1.807, 2.05) is 0 Å². The maximum atomic E-state index is 5.41. The quantitative estimate of drug-likeness (QED) is 0.283. The van der Waals surface area contributed by atoms with E-state index in [4.69, 9.17) is 4.99 Å². The lowest BCUT2D eigenvalue weighted by Gasteiger charge is -2.28. The van der Waals surface area contributed by atoms with Crippen molar-refractivity contribution in [2.75, 3.05) is 5.32 Å². The van der Waals surface area contributed by atoms with Crippen LogP contribution in [-0.4, -0.2) is 5.71 Å². The zero-order valence-corrected chi connectivity index (χ0v) is 27.2. The minimum Gasteiger partial charge on any atom is -0.358 e. The largest absolute Gasteiger partial charge is 0.358 e. The van der Waals surface area contributed by atoms with Gasteiger partial charge in [0.15, 0.2) is 0 Å². The van der Waals surface area contributed by atoms with E-state index in [2.05, 4.69) is 136 Å². The van der Waals surface area contributed by atoms with E-state index < -0.39 is 0 Å². The van der Waals surface area contributed by atoms with Crippen LogP contribution in [0.5, 0.6) is 0 Å². The van der Waals surface area contributed by atoms with Crippen LogP contribution < -0.4 is 5.32 Å². The predicted octanol–water partition coefficient (Wildman–Crippen LogP) is 12.0. The maximum Gasteiger partial charge on any atom is 0.0702 e. The van der Waals surface area contributed by atoms with Crippen LogP contribution in [-0.2, 0) is 0 Å². The van der Waals surface area contributed by atoms with Gasteiger partial charge in [0.05, 0.1) is 5.69 Å². The minimum atomic E-state index is 0.323. The van der Waals surface area contributed by atoms with Crippen LogP contribution in [0.4, 0.5) is 11.4 Å². The number of aliphatic imine (C=N–C) groups is 1. The van der Waals surface area contributed by atoms with Gasteiger partial charge in [-0.1, -0.05) is 130 Å². The van der Waals surface area contributed by atoms with Crippen LogP contribution in [0.2, 0.25) is 0 Å². The third kappa shape index (κ3) is 7.25. The lowest BCUT2D eigenvalue weighted by molar-refractivity contribution is 0.608. The van der Waals surface area contributed by atoms with Crippen LogP contribution in [0.15, 0.2) is 76.5 Å². The number of rotatable bonds is 11. The van der Waals surface area contributed by atoms with E-state index in [9.17, 15) is 0 Å². The van der Waals surface area contributed by atoms with Crippen LogP contribution in [0.1, 0.15) is 141 Å². The molecule has 0 saturated heterocycles. The molecule has 0 heterocycles. The minimum absolute atomic E-state index is 0.323. The van der Waals surface area contributed by atoms with Crippen molar-refractivity contribution < 1.29 is 0 Å². The Labute approximate surface area is 245 Å². The first kappa shape index (κ1) is 31.7. The van der Waals surface area contributed by atoms with E-state index in [-0.39, 0.29) is 0 Å². The van der Waals surface area contributed by atoms with Gasteiger partial charge in [-0.3, -0.25) is 4.99 Å². The fourth-order valence-corrected chi connectivity index (χ4v) is 5.96. The molecule has 1 atom stereocenters. The molecule has 2 nitrogen and oxygen atoms in total. The van der Waals surface area contributed by atoms with Crippen molar-refractivity contribution >= 4 is 17.1 Å². The van der Waals surface area contributed by atoms with Crippen molar-refractivity contribution in [3.63, 3.8) is 0 Å². The van der Waals surface area contributed by atoms with Gasteiger partial charge in [0.2, 0.25) is 0 Å². The average Bonchev–Trinajstić information content (AvgIpc) is 2.91. The summed E-state index contributed by atoms with van der Waals surface area (Å²) in [5, 5.41) is 3.94. The first-order valence-electron chi connectivity index (χ1n) is 15.6. The number of anilines is 1. The summed E-state index contributed by atoms with van der Waals surface area (Å²) in [5.74, 6) is 2.10. The van der Waals surface area contributed by atoms with Gasteiger partial charge < -0.3 is 5.32 Å². The maximum absolute atomic E-state index is 5.41. The molecule has 0 bridgehead atoms. The fraction of sp³-hybridized carbons (Fsp3) is 0.500. The molecule has 0 radical (unpaired) electrons. The highest BCUT2D eigenvalue weighted by Crippen LogP contribution is 2.39. The van der Waals surface area contributed by atoms with Crippen molar-refractivity contribution in [1.29, 1.82) is 0 Å². The van der Waals surface area contributed by atoms with E-state index >= 15 is 0 Å². The first-order chi connectivity index (χ1) is 19.0. The van der Waals surface area contributed by atoms with Gasteiger partial charge in [-0.05, 0) is 77.3 Å². The van der Waals surface area contributed by atoms with Crippen molar-refractivity contribution in [1.82, 2.24) is 0 Å². The lowest BCUT2D eigenvalue weighted by Crippen LogP contribution is -2.19. The second kappa shape index (κ2) is 14.2. The molecular formula is C38H54N2. The van der Waals surface area contributed by atoms with Crippen molar-refractivity contribution in [3.8, 4) is 0 Å². The van der Waals surface area contributed by atoms with Crippen molar-refractivity contribution in [2.24, 2.45) is 10.9 Å². The third-order valence-corrected chi connectivity index (χ3v) is 8.31. The molecule has 1 aliphatic carbocycles. The molecule has 40 heavy (non-hydrogen) atoms. The molecule has 1 aliphatic rings. The zero-order valence-electron chi connectivity index (χ0n) is 27.2. The number of nitrogens with one attached hydrogen (secondary N) is 1. The summed E-state index contributed by atoms with van der Waals surface area (Å²) in [7, 11) is 0. The van der Waals surface area contributed by atoms with Gasteiger partial charge >= 0.3 is 0 Å². The summed E-state index contributed by atoms with van der Waals surface area (Å²) < 4.78 is 0. The fourth-order valence-electron chi connectivity index (χ4n) is 5.96. The molecule has 0 saturated carbocycles. The van der Waals surface area contributed by atoms with Gasteiger partial charge in [0.25, 0.3) is 0 Å². The van der Waals surface area contributed by atoms with Crippen molar-refractivity contribution in [2.45, 2.75) is 119 Å². The van der Waals surface area contributed by atoms with Gasteiger partial charge in [-0.25, -0.2) is 0 Å². The van der Waals surface area contributed by atoms with Crippen LogP contribution in [0, 0.1) is 5.92 Å². The Balaban J connectivity index is 2.12. The number of para-hydroxylation sites is 2. The average molecular weight is 539 g/mol. The Morgan fingerprint density at radius 2 is 1.27 bits per heavy atom. The van der Waals surface area contributed by atoms with E-state index in [0.29, 0.717) is 29.6 Å². The molecule has 0 spiro atoms. The topological polar surface area (TPSA) is 24.4 Å². The number of hydrogen-bond acceptors (Lipinski definition) is 2. The van der Waals surface area contributed by atoms with Gasteiger partial charge in [0.1, 0.15) is 0 Å². The van der Waals surface area contributed by atoms with E-state index in [0.717, 1.165) is 12.1 Å². The highest BCUT2D eigenvalue weighted by Gasteiger charge is 2.25. The Hall–Kier alpha value is -2.87. The summed E-state index contributed by atoms with van der Waals surface area (Å²) in [5.41, 5.74) is 13.0. The molecule has 1 unspecified atom stereocenters. The zero-order chi connectivity index (χ0) is 29.6. The lowest BCUT2D eigenvalue weighted by atomic mass is 9.80. The number of allylic oxidation sites excluding steroid dienone is 6. The predicted molar refractivity (Wildman–Crippen MR) is 179 cm³/mol. The second-order valence-corrected chi connectivity index (χ2v) is 12.8. The highest BCUT2D eigenvalue weighted by atomic mass is 14.9. The Bertz CT molecular complexity index is 1230. The van der Waals surface area contributed by atoms with Gasteiger partial charge in [-0.15, -0.1) is 0 Å². The van der Waals surface area contributed by atoms with Gasteiger partial charge in [-0.2, -0.15) is 0 Å². The monoisotopic (exact) mass is 538 g/mol. The molecule has 0 aliphatic heterocycles. The number of hydrogen-bond donors (Lipinski definition) is 1. The van der Waals surface area contributed by atoms with E-state index in [1.165, 1.54) is 63.3 Å². The second-order valence-electron chi connectivity index (χ2n) is 12.8. The molecule has 3 rings (SSSR count). The van der Waals surface area contributed by atoms with E-state index in [1.54, 1.807) is 0 Å². The summed E-state index contributed by atoms with van der Waals surface area (Å²) in [6, 6.07) is 13.5. The SMILES string of the molecule is CCCCC1C(C(C)=Nc2c(C(C)C)cccc2C(C)C)=CC=C/C1=C(\C)Nc1c(C(C)C)cccc1C(C)C. The third-order valence-electron chi connectivity index (χ3n) is 8.31. The first-order valence-corrected chi connectivity index (χ1v) is 15.6. The van der Waals surface area contributed by atoms with Crippen LogP contribution in [0.25, 0.3) is 0 Å². The summed E-state index contributed by atoms with van der Waals surface area (Å²) >= 11 is 0. The molecular weight excluding hydrogens is 484 g/mol. The number of unbranched alkanes of at least 4 members (excludes halogenated alkanes) is 1. The van der Waals surface area contributed by atoms with Crippen LogP contribution in [0.3, 0.4) is 0 Å². The Kier molecular flexibility index (Phi) is 11.2. The molecule has 1 N–H and O–H groups in total. The molecule has 216 valence electrons. The standard InChI is InChI=1S/C38H54N2/c1-12-13-17-36-34(28(10)39-37-30(24(2)3)18-14-19-31(37)25(4)5)22-16-23-35(36)29(11)40-38-32(26(6)7)20-15-21-33(38)27(8)9/h14-16,18-27,36,39H,12-13,17H2,1-11H3/b34-28-,40-29?. The highest BCUT2D eigenvalue weighted by molar-refractivity contribution is 6.02. The summed E-state index contributed by atoms with van der Waals surface area (Å²) in [6.07, 6.45) is 10.4. The molecule has 0 amide bonds. The number of nitrogens with zero attached hydrogens (tertiary/aromatic N) is 1. The molecule has 2 heteroatoms. The summed E-state index contributed by atoms with van der Waals surface area (Å²) in [6.45, 7) is 25.0. The van der Waals surface area contributed by atoms with Crippen molar-refractivity contribution in [3.05, 3.63) is 93.7 Å².